The lowest BCUT2D eigenvalue weighted by atomic mass is 10.0. The van der Waals surface area contributed by atoms with Crippen LogP contribution in [0.3, 0.4) is 0 Å². The molecule has 0 radical (unpaired) electrons. The average molecular weight is 336 g/mol. The molecule has 0 unspecified atom stereocenters. The molecule has 1 N–H and O–H groups in total. The van der Waals surface area contributed by atoms with Gasteiger partial charge < -0.3 is 14.7 Å². The largest absolute Gasteiger partial charge is 0.444 e. The van der Waals surface area contributed by atoms with Crippen molar-refractivity contribution in [1.82, 2.24) is 9.80 Å². The van der Waals surface area contributed by atoms with Gasteiger partial charge in [-0.2, -0.15) is 0 Å². The third-order valence-electron chi connectivity index (χ3n) is 4.37. The minimum Gasteiger partial charge on any atom is -0.444 e. The SMILES string of the molecule is CC(C)(C)OC(=O)N1CCN(CC2=CCCC=C2)C[C@H]1CCCO. The quantitative estimate of drug-likeness (QED) is 0.839. The van der Waals surface area contributed by atoms with Crippen molar-refractivity contribution >= 4 is 6.09 Å². The Morgan fingerprint density at radius 2 is 2.12 bits per heavy atom. The molecule has 1 heterocycles. The normalized spacial score (nSPS) is 22.4. The Bertz CT molecular complexity index is 479. The number of rotatable bonds is 5. The van der Waals surface area contributed by atoms with Crippen LogP contribution in [0.1, 0.15) is 46.5 Å². The standard InChI is InChI=1S/C19H32N2O3/c1-19(2,3)24-18(23)21-12-11-20(15-17(21)10-7-13-22)14-16-8-5-4-6-9-16/h5,8-9,17,22H,4,6-7,10-15H2,1-3H3/t17-/m1/s1. The highest BCUT2D eigenvalue weighted by Crippen LogP contribution is 2.20. The van der Waals surface area contributed by atoms with Crippen molar-refractivity contribution in [2.75, 3.05) is 32.8 Å². The molecular weight excluding hydrogens is 304 g/mol. The number of piperazine rings is 1. The predicted molar refractivity (Wildman–Crippen MR) is 95.9 cm³/mol. The third-order valence-corrected chi connectivity index (χ3v) is 4.37. The van der Waals surface area contributed by atoms with E-state index >= 15 is 0 Å². The van der Waals surface area contributed by atoms with Gasteiger partial charge in [0.2, 0.25) is 0 Å². The van der Waals surface area contributed by atoms with E-state index in [1.165, 1.54) is 5.57 Å². The van der Waals surface area contributed by atoms with Crippen LogP contribution in [0.25, 0.3) is 0 Å². The molecule has 2 rings (SSSR count). The van der Waals surface area contributed by atoms with Crippen molar-refractivity contribution in [3.05, 3.63) is 23.8 Å². The highest BCUT2D eigenvalue weighted by atomic mass is 16.6. The van der Waals surface area contributed by atoms with Crippen molar-refractivity contribution in [1.29, 1.82) is 0 Å². The van der Waals surface area contributed by atoms with Gasteiger partial charge >= 0.3 is 6.09 Å². The first-order chi connectivity index (χ1) is 11.4. The zero-order valence-electron chi connectivity index (χ0n) is 15.3. The van der Waals surface area contributed by atoms with Crippen LogP contribution in [-0.4, -0.2) is 65.4 Å². The van der Waals surface area contributed by atoms with Crippen LogP contribution in [0.4, 0.5) is 4.79 Å². The molecule has 1 amide bonds. The highest BCUT2D eigenvalue weighted by molar-refractivity contribution is 5.68. The molecule has 1 saturated heterocycles. The number of allylic oxidation sites excluding steroid dienone is 2. The predicted octanol–water partition coefficient (Wildman–Crippen LogP) is 2.96. The molecular formula is C19H32N2O3. The minimum atomic E-state index is -0.479. The number of aliphatic hydroxyl groups excluding tert-OH is 1. The van der Waals surface area contributed by atoms with Crippen LogP contribution in [-0.2, 0) is 4.74 Å². The lowest BCUT2D eigenvalue weighted by molar-refractivity contribution is -0.00248. The maximum atomic E-state index is 12.5. The van der Waals surface area contributed by atoms with Gasteiger partial charge in [0, 0.05) is 38.8 Å². The van der Waals surface area contributed by atoms with Gasteiger partial charge in [0.25, 0.3) is 0 Å². The third kappa shape index (κ3) is 5.95. The molecule has 0 aromatic heterocycles. The summed E-state index contributed by atoms with van der Waals surface area (Å²) in [6.45, 7) is 9.16. The zero-order chi connectivity index (χ0) is 17.6. The average Bonchev–Trinajstić information content (AvgIpc) is 2.52. The van der Waals surface area contributed by atoms with Gasteiger partial charge in [-0.1, -0.05) is 18.2 Å². The van der Waals surface area contributed by atoms with Crippen LogP contribution in [0, 0.1) is 0 Å². The van der Waals surface area contributed by atoms with Gasteiger partial charge in [0.15, 0.2) is 0 Å². The zero-order valence-corrected chi connectivity index (χ0v) is 15.3. The van der Waals surface area contributed by atoms with Crippen molar-refractivity contribution in [3.8, 4) is 0 Å². The second kappa shape index (κ2) is 8.67. The summed E-state index contributed by atoms with van der Waals surface area (Å²) in [6.07, 6.45) is 10.3. The number of nitrogens with zero attached hydrogens (tertiary/aromatic N) is 2. The first-order valence-corrected chi connectivity index (χ1v) is 9.07. The summed E-state index contributed by atoms with van der Waals surface area (Å²) in [7, 11) is 0. The molecule has 1 aliphatic heterocycles. The van der Waals surface area contributed by atoms with Gasteiger partial charge in [0.1, 0.15) is 5.60 Å². The Labute approximate surface area is 146 Å². The van der Waals surface area contributed by atoms with Crippen molar-refractivity contribution in [2.45, 2.75) is 58.1 Å². The van der Waals surface area contributed by atoms with Crippen molar-refractivity contribution < 1.29 is 14.6 Å². The highest BCUT2D eigenvalue weighted by Gasteiger charge is 2.33. The summed E-state index contributed by atoms with van der Waals surface area (Å²) in [5.41, 5.74) is 0.890. The van der Waals surface area contributed by atoms with E-state index in [1.54, 1.807) is 0 Å². The van der Waals surface area contributed by atoms with E-state index in [0.29, 0.717) is 13.0 Å². The first-order valence-electron chi connectivity index (χ1n) is 9.07. The number of carbonyl (C=O) groups excluding carboxylic acids is 1. The molecule has 136 valence electrons. The van der Waals surface area contributed by atoms with Crippen LogP contribution in [0.2, 0.25) is 0 Å². The van der Waals surface area contributed by atoms with Gasteiger partial charge in [-0.25, -0.2) is 4.79 Å². The van der Waals surface area contributed by atoms with E-state index in [0.717, 1.165) is 38.9 Å². The van der Waals surface area contributed by atoms with E-state index < -0.39 is 5.60 Å². The number of hydrogen-bond acceptors (Lipinski definition) is 4. The summed E-state index contributed by atoms with van der Waals surface area (Å²) >= 11 is 0. The maximum Gasteiger partial charge on any atom is 0.410 e. The Morgan fingerprint density at radius 1 is 1.33 bits per heavy atom. The minimum absolute atomic E-state index is 0.105. The van der Waals surface area contributed by atoms with Crippen LogP contribution in [0.15, 0.2) is 23.8 Å². The first kappa shape index (κ1) is 19.0. The molecule has 0 saturated carbocycles. The van der Waals surface area contributed by atoms with E-state index in [4.69, 9.17) is 9.84 Å². The molecule has 24 heavy (non-hydrogen) atoms. The van der Waals surface area contributed by atoms with Crippen molar-refractivity contribution in [3.63, 3.8) is 0 Å². The Morgan fingerprint density at radius 3 is 2.75 bits per heavy atom. The molecule has 2 aliphatic rings. The lowest BCUT2D eigenvalue weighted by Gasteiger charge is -2.42. The van der Waals surface area contributed by atoms with Gasteiger partial charge in [-0.15, -0.1) is 0 Å². The van der Waals surface area contributed by atoms with Crippen LogP contribution < -0.4 is 0 Å². The molecule has 0 aromatic rings. The van der Waals surface area contributed by atoms with Gasteiger partial charge in [-0.05, 0) is 52.0 Å². The monoisotopic (exact) mass is 336 g/mol. The smallest absolute Gasteiger partial charge is 0.410 e. The molecule has 0 spiro atoms. The summed E-state index contributed by atoms with van der Waals surface area (Å²) < 4.78 is 5.56. The van der Waals surface area contributed by atoms with Gasteiger partial charge in [-0.3, -0.25) is 4.90 Å². The summed E-state index contributed by atoms with van der Waals surface area (Å²) in [6, 6.07) is 0.105. The Hall–Kier alpha value is -1.33. The second-order valence-electron chi connectivity index (χ2n) is 7.69. The summed E-state index contributed by atoms with van der Waals surface area (Å²) in [5, 5.41) is 9.17. The fraction of sp³-hybridized carbons (Fsp3) is 0.737. The molecule has 1 atom stereocenters. The van der Waals surface area contributed by atoms with E-state index in [1.807, 2.05) is 25.7 Å². The number of hydrogen-bond donors (Lipinski definition) is 1. The number of carbonyl (C=O) groups is 1. The number of ether oxygens (including phenoxy) is 1. The summed E-state index contributed by atoms with van der Waals surface area (Å²) in [4.78, 5) is 16.7. The van der Waals surface area contributed by atoms with Crippen LogP contribution in [0.5, 0.6) is 0 Å². The molecule has 1 fully saturated rings. The Balaban J connectivity index is 1.96. The molecule has 5 heteroatoms. The maximum absolute atomic E-state index is 12.5. The van der Waals surface area contributed by atoms with E-state index in [-0.39, 0.29) is 18.7 Å². The van der Waals surface area contributed by atoms with E-state index in [2.05, 4.69) is 23.1 Å². The number of amides is 1. The lowest BCUT2D eigenvalue weighted by Crippen LogP contribution is -2.56. The van der Waals surface area contributed by atoms with Gasteiger partial charge in [0.05, 0.1) is 0 Å². The number of aliphatic hydroxyl groups is 1. The van der Waals surface area contributed by atoms with E-state index in [9.17, 15) is 4.79 Å². The fourth-order valence-electron chi connectivity index (χ4n) is 3.24. The second-order valence-corrected chi connectivity index (χ2v) is 7.69. The Kier molecular flexibility index (Phi) is 6.87. The molecule has 1 aliphatic carbocycles. The van der Waals surface area contributed by atoms with Crippen molar-refractivity contribution in [2.24, 2.45) is 0 Å². The molecule has 0 bridgehead atoms. The fourth-order valence-corrected chi connectivity index (χ4v) is 3.24. The summed E-state index contributed by atoms with van der Waals surface area (Å²) in [5.74, 6) is 0. The van der Waals surface area contributed by atoms with Crippen LogP contribution >= 0.6 is 0 Å². The molecule has 0 aromatic carbocycles. The topological polar surface area (TPSA) is 53.0 Å². The molecule has 5 nitrogen and oxygen atoms in total.